The van der Waals surface area contributed by atoms with Crippen molar-refractivity contribution in [1.29, 1.82) is 0 Å². The zero-order valence-corrected chi connectivity index (χ0v) is 6.92. The van der Waals surface area contributed by atoms with Crippen LogP contribution >= 0.6 is 0 Å². The maximum Gasteiger partial charge on any atom is 0.0467 e. The average molecular weight is 152 g/mol. The monoisotopic (exact) mass is 152 g/mol. The van der Waals surface area contributed by atoms with Gasteiger partial charge in [-0.25, -0.2) is 0 Å². The number of allylic oxidation sites excluding steroid dienone is 2. The Labute approximate surface area is 68.1 Å². The Morgan fingerprint density at radius 2 is 2.18 bits per heavy atom. The summed E-state index contributed by atoms with van der Waals surface area (Å²) in [5, 5.41) is 9.16. The van der Waals surface area contributed by atoms with E-state index in [1.807, 2.05) is 0 Å². The standard InChI is InChI=1S/C10H16O/c11-8-9-4-1-2-5-10(9)6-3-7-10/h1-2,9,11H,3-8H2. The molecule has 1 heteroatoms. The van der Waals surface area contributed by atoms with Crippen LogP contribution in [0.2, 0.25) is 0 Å². The first-order chi connectivity index (χ1) is 5.37. The minimum Gasteiger partial charge on any atom is -0.396 e. The molecular formula is C10H16O. The van der Waals surface area contributed by atoms with Crippen molar-refractivity contribution in [2.75, 3.05) is 6.61 Å². The van der Waals surface area contributed by atoms with E-state index >= 15 is 0 Å². The van der Waals surface area contributed by atoms with Crippen molar-refractivity contribution < 1.29 is 5.11 Å². The number of hydrogen-bond acceptors (Lipinski definition) is 1. The smallest absolute Gasteiger partial charge is 0.0467 e. The maximum atomic E-state index is 9.16. The maximum absolute atomic E-state index is 9.16. The summed E-state index contributed by atoms with van der Waals surface area (Å²) in [6, 6.07) is 0. The Morgan fingerprint density at radius 1 is 1.36 bits per heavy atom. The van der Waals surface area contributed by atoms with E-state index in [1.54, 1.807) is 0 Å². The van der Waals surface area contributed by atoms with E-state index in [1.165, 1.54) is 25.7 Å². The summed E-state index contributed by atoms with van der Waals surface area (Å²) in [5.41, 5.74) is 0.531. The molecule has 0 amide bonds. The van der Waals surface area contributed by atoms with Gasteiger partial charge < -0.3 is 5.11 Å². The van der Waals surface area contributed by atoms with Gasteiger partial charge in [0.1, 0.15) is 0 Å². The summed E-state index contributed by atoms with van der Waals surface area (Å²) in [4.78, 5) is 0. The van der Waals surface area contributed by atoms with Crippen LogP contribution in [0.4, 0.5) is 0 Å². The highest BCUT2D eigenvalue weighted by Gasteiger charge is 2.43. The van der Waals surface area contributed by atoms with Gasteiger partial charge in [-0.3, -0.25) is 0 Å². The molecule has 0 bridgehead atoms. The fourth-order valence-electron chi connectivity index (χ4n) is 2.51. The average Bonchev–Trinajstić information content (AvgIpc) is 2.01. The second-order valence-electron chi connectivity index (χ2n) is 4.01. The van der Waals surface area contributed by atoms with Crippen LogP contribution in [0.3, 0.4) is 0 Å². The molecule has 2 aliphatic rings. The topological polar surface area (TPSA) is 20.2 Å². The van der Waals surface area contributed by atoms with Crippen LogP contribution in [0.15, 0.2) is 12.2 Å². The predicted octanol–water partition coefficient (Wildman–Crippen LogP) is 2.12. The molecular weight excluding hydrogens is 136 g/mol. The van der Waals surface area contributed by atoms with Crippen molar-refractivity contribution in [2.24, 2.45) is 11.3 Å². The minimum absolute atomic E-state index is 0.393. The molecule has 1 fully saturated rings. The van der Waals surface area contributed by atoms with Crippen molar-refractivity contribution in [2.45, 2.75) is 32.1 Å². The number of aliphatic hydroxyl groups excluding tert-OH is 1. The van der Waals surface area contributed by atoms with Crippen LogP contribution in [0.1, 0.15) is 32.1 Å². The largest absolute Gasteiger partial charge is 0.396 e. The molecule has 0 aliphatic heterocycles. The van der Waals surface area contributed by atoms with Gasteiger partial charge in [0, 0.05) is 6.61 Å². The molecule has 0 saturated heterocycles. The van der Waals surface area contributed by atoms with E-state index < -0.39 is 0 Å². The van der Waals surface area contributed by atoms with Crippen LogP contribution in [-0.2, 0) is 0 Å². The van der Waals surface area contributed by atoms with Crippen LogP contribution in [0.25, 0.3) is 0 Å². The molecule has 1 saturated carbocycles. The third kappa shape index (κ3) is 1.02. The third-order valence-electron chi connectivity index (χ3n) is 3.55. The van der Waals surface area contributed by atoms with Gasteiger partial charge in [-0.15, -0.1) is 0 Å². The van der Waals surface area contributed by atoms with E-state index in [-0.39, 0.29) is 0 Å². The molecule has 1 atom stereocenters. The van der Waals surface area contributed by atoms with Gasteiger partial charge in [0.05, 0.1) is 0 Å². The molecule has 2 aliphatic carbocycles. The fourth-order valence-corrected chi connectivity index (χ4v) is 2.51. The lowest BCUT2D eigenvalue weighted by molar-refractivity contribution is 0.0114. The molecule has 1 nitrogen and oxygen atoms in total. The second-order valence-corrected chi connectivity index (χ2v) is 4.01. The number of rotatable bonds is 1. The fraction of sp³-hybridized carbons (Fsp3) is 0.800. The van der Waals surface area contributed by atoms with Gasteiger partial charge >= 0.3 is 0 Å². The van der Waals surface area contributed by atoms with Crippen molar-refractivity contribution >= 4 is 0 Å². The van der Waals surface area contributed by atoms with Gasteiger partial charge in [0.2, 0.25) is 0 Å². The Morgan fingerprint density at radius 3 is 2.64 bits per heavy atom. The third-order valence-corrected chi connectivity index (χ3v) is 3.55. The van der Waals surface area contributed by atoms with E-state index in [4.69, 9.17) is 5.11 Å². The Bertz CT molecular complexity index is 168. The van der Waals surface area contributed by atoms with Crippen molar-refractivity contribution in [3.05, 3.63) is 12.2 Å². The highest BCUT2D eigenvalue weighted by molar-refractivity contribution is 5.05. The first-order valence-corrected chi connectivity index (χ1v) is 4.63. The molecule has 0 radical (unpaired) electrons. The van der Waals surface area contributed by atoms with Crippen LogP contribution in [0.5, 0.6) is 0 Å². The molecule has 62 valence electrons. The first kappa shape index (κ1) is 7.35. The SMILES string of the molecule is OCC1CC=CCC12CCC2. The molecule has 1 N–H and O–H groups in total. The summed E-state index contributed by atoms with van der Waals surface area (Å²) >= 11 is 0. The zero-order valence-electron chi connectivity index (χ0n) is 6.92. The summed E-state index contributed by atoms with van der Waals surface area (Å²) in [7, 11) is 0. The second kappa shape index (κ2) is 2.63. The van der Waals surface area contributed by atoms with Gasteiger partial charge in [-0.05, 0) is 37.0 Å². The van der Waals surface area contributed by atoms with Crippen molar-refractivity contribution in [1.82, 2.24) is 0 Å². The van der Waals surface area contributed by atoms with Gasteiger partial charge in [0.25, 0.3) is 0 Å². The highest BCUT2D eigenvalue weighted by Crippen LogP contribution is 2.52. The first-order valence-electron chi connectivity index (χ1n) is 4.63. The van der Waals surface area contributed by atoms with Crippen LogP contribution in [-0.4, -0.2) is 11.7 Å². The van der Waals surface area contributed by atoms with E-state index in [0.717, 1.165) is 6.42 Å². The lowest BCUT2D eigenvalue weighted by Crippen LogP contribution is -2.40. The van der Waals surface area contributed by atoms with Gasteiger partial charge in [0.15, 0.2) is 0 Å². The lowest BCUT2D eigenvalue weighted by Gasteiger charge is -2.48. The summed E-state index contributed by atoms with van der Waals surface area (Å²) in [5.74, 6) is 0.571. The van der Waals surface area contributed by atoms with Crippen molar-refractivity contribution in [3.63, 3.8) is 0 Å². The molecule has 0 aromatic carbocycles. The molecule has 1 spiro atoms. The van der Waals surface area contributed by atoms with E-state index in [2.05, 4.69) is 12.2 Å². The van der Waals surface area contributed by atoms with Gasteiger partial charge in [-0.2, -0.15) is 0 Å². The lowest BCUT2D eigenvalue weighted by atomic mass is 9.57. The normalized spacial score (nSPS) is 33.7. The Balaban J connectivity index is 2.10. The predicted molar refractivity (Wildman–Crippen MR) is 45.2 cm³/mol. The summed E-state index contributed by atoms with van der Waals surface area (Å²) in [6.07, 6.45) is 10.9. The molecule has 1 unspecified atom stereocenters. The van der Waals surface area contributed by atoms with Crippen LogP contribution in [0, 0.1) is 11.3 Å². The molecule has 2 rings (SSSR count). The van der Waals surface area contributed by atoms with E-state index in [0.29, 0.717) is 17.9 Å². The quantitative estimate of drug-likeness (QED) is 0.570. The highest BCUT2D eigenvalue weighted by atomic mass is 16.3. The summed E-state index contributed by atoms with van der Waals surface area (Å²) < 4.78 is 0. The number of aliphatic hydroxyl groups is 1. The Kier molecular flexibility index (Phi) is 1.76. The summed E-state index contributed by atoms with van der Waals surface area (Å²) in [6.45, 7) is 0.393. The number of hydrogen-bond donors (Lipinski definition) is 1. The molecule has 0 aromatic rings. The molecule has 0 aromatic heterocycles. The van der Waals surface area contributed by atoms with Crippen LogP contribution < -0.4 is 0 Å². The Hall–Kier alpha value is -0.300. The van der Waals surface area contributed by atoms with E-state index in [9.17, 15) is 0 Å². The zero-order chi connectivity index (χ0) is 7.73. The minimum atomic E-state index is 0.393. The molecule has 11 heavy (non-hydrogen) atoms. The van der Waals surface area contributed by atoms with Gasteiger partial charge in [-0.1, -0.05) is 18.6 Å². The molecule has 0 heterocycles. The van der Waals surface area contributed by atoms with Crippen molar-refractivity contribution in [3.8, 4) is 0 Å².